The van der Waals surface area contributed by atoms with E-state index in [1.807, 2.05) is 6.92 Å². The van der Waals surface area contributed by atoms with Gasteiger partial charge in [0.1, 0.15) is 6.54 Å². The van der Waals surface area contributed by atoms with Gasteiger partial charge in [0.05, 0.1) is 12.2 Å². The number of amides is 2. The van der Waals surface area contributed by atoms with Crippen LogP contribution in [0.4, 0.5) is 5.69 Å². The van der Waals surface area contributed by atoms with Crippen LogP contribution in [0.2, 0.25) is 0 Å². The summed E-state index contributed by atoms with van der Waals surface area (Å²) in [5, 5.41) is 5.75. The number of hydrogen-bond donors (Lipinski definition) is 2. The minimum atomic E-state index is -0.392. The second-order valence-electron chi connectivity index (χ2n) is 6.97. The number of nitrogens with one attached hydrogen (secondary N) is 2. The lowest BCUT2D eigenvalue weighted by Gasteiger charge is -2.11. The van der Waals surface area contributed by atoms with Crippen molar-refractivity contribution in [3.63, 3.8) is 0 Å². The summed E-state index contributed by atoms with van der Waals surface area (Å²) in [5.74, 6) is -0.761. The molecule has 1 aliphatic carbocycles. The summed E-state index contributed by atoms with van der Waals surface area (Å²) in [5.41, 5.74) is 3.02. The van der Waals surface area contributed by atoms with Crippen molar-refractivity contribution in [2.24, 2.45) is 0 Å². The zero-order valence-corrected chi connectivity index (χ0v) is 16.4. The molecule has 1 saturated carbocycles. The monoisotopic (exact) mass is 383 g/mol. The lowest BCUT2D eigenvalue weighted by atomic mass is 10.2. The first-order chi connectivity index (χ1) is 13.4. The SMILES string of the molecule is CCOC(=O)c1cc(C)n(CC(=O)Nc2cccc(C(=O)NC3CC3)c2)c1C. The van der Waals surface area contributed by atoms with Gasteiger partial charge < -0.3 is 19.9 Å². The minimum absolute atomic E-state index is 0.0650. The van der Waals surface area contributed by atoms with E-state index in [1.165, 1.54) is 0 Å². The number of ether oxygens (including phenoxy) is 1. The highest BCUT2D eigenvalue weighted by Crippen LogP contribution is 2.20. The Kier molecular flexibility index (Phi) is 5.82. The molecule has 1 heterocycles. The molecule has 2 N–H and O–H groups in total. The maximum atomic E-state index is 12.5. The Labute approximate surface area is 164 Å². The van der Waals surface area contributed by atoms with Gasteiger partial charge in [0, 0.05) is 28.7 Å². The predicted octanol–water partition coefficient (Wildman–Crippen LogP) is 2.81. The fourth-order valence-electron chi connectivity index (χ4n) is 3.04. The Morgan fingerprint density at radius 3 is 2.61 bits per heavy atom. The number of esters is 1. The number of aromatic nitrogens is 1. The largest absolute Gasteiger partial charge is 0.462 e. The summed E-state index contributed by atoms with van der Waals surface area (Å²) >= 11 is 0. The normalized spacial score (nSPS) is 13.1. The van der Waals surface area contributed by atoms with Crippen molar-refractivity contribution in [3.8, 4) is 0 Å². The van der Waals surface area contributed by atoms with Crippen LogP contribution in [0.5, 0.6) is 0 Å². The third-order valence-electron chi connectivity index (χ3n) is 4.69. The van der Waals surface area contributed by atoms with Crippen LogP contribution in [-0.4, -0.2) is 35.0 Å². The average Bonchev–Trinajstić information content (AvgIpc) is 3.43. The highest BCUT2D eigenvalue weighted by atomic mass is 16.5. The Bertz CT molecular complexity index is 912. The molecule has 28 heavy (non-hydrogen) atoms. The molecule has 1 aliphatic rings. The minimum Gasteiger partial charge on any atom is -0.462 e. The second kappa shape index (κ2) is 8.29. The van der Waals surface area contributed by atoms with E-state index in [1.54, 1.807) is 48.7 Å². The van der Waals surface area contributed by atoms with Gasteiger partial charge in [0.25, 0.3) is 5.91 Å². The molecule has 1 aromatic heterocycles. The van der Waals surface area contributed by atoms with Gasteiger partial charge in [-0.25, -0.2) is 4.79 Å². The fourth-order valence-corrected chi connectivity index (χ4v) is 3.04. The van der Waals surface area contributed by atoms with E-state index in [0.29, 0.717) is 29.1 Å². The lowest BCUT2D eigenvalue weighted by molar-refractivity contribution is -0.116. The van der Waals surface area contributed by atoms with Crippen LogP contribution in [-0.2, 0) is 16.1 Å². The average molecular weight is 383 g/mol. The number of aryl methyl sites for hydroxylation is 1. The summed E-state index contributed by atoms with van der Waals surface area (Å²) in [6, 6.07) is 8.87. The van der Waals surface area contributed by atoms with Crippen molar-refractivity contribution < 1.29 is 19.1 Å². The highest BCUT2D eigenvalue weighted by molar-refractivity contribution is 5.97. The standard InChI is InChI=1S/C21H25N3O4/c1-4-28-21(27)18-10-13(2)24(14(18)3)12-19(25)22-17-7-5-6-15(11-17)20(26)23-16-8-9-16/h5-7,10-11,16H,4,8-9,12H2,1-3H3,(H,22,25)(H,23,26). The van der Waals surface area contributed by atoms with Gasteiger partial charge in [0.15, 0.2) is 0 Å². The van der Waals surface area contributed by atoms with Crippen molar-refractivity contribution in [1.82, 2.24) is 9.88 Å². The highest BCUT2D eigenvalue weighted by Gasteiger charge is 2.24. The molecule has 1 fully saturated rings. The summed E-state index contributed by atoms with van der Waals surface area (Å²) in [7, 11) is 0. The molecule has 0 unspecified atom stereocenters. The molecule has 0 radical (unpaired) electrons. The van der Waals surface area contributed by atoms with Gasteiger partial charge in [-0.1, -0.05) is 6.07 Å². The smallest absolute Gasteiger partial charge is 0.339 e. The molecule has 2 aromatic rings. The predicted molar refractivity (Wildman–Crippen MR) is 105 cm³/mol. The van der Waals surface area contributed by atoms with E-state index in [4.69, 9.17) is 4.74 Å². The summed E-state index contributed by atoms with van der Waals surface area (Å²) < 4.78 is 6.82. The molecule has 7 nitrogen and oxygen atoms in total. The molecule has 0 atom stereocenters. The summed E-state index contributed by atoms with van der Waals surface area (Å²) in [6.07, 6.45) is 2.04. The van der Waals surface area contributed by atoms with Crippen LogP contribution in [0.15, 0.2) is 30.3 Å². The number of anilines is 1. The van der Waals surface area contributed by atoms with E-state index in [-0.39, 0.29) is 24.4 Å². The Hall–Kier alpha value is -3.09. The first kappa shape index (κ1) is 19.7. The van der Waals surface area contributed by atoms with Crippen LogP contribution in [0.1, 0.15) is 51.9 Å². The second-order valence-corrected chi connectivity index (χ2v) is 6.97. The third-order valence-corrected chi connectivity index (χ3v) is 4.69. The van der Waals surface area contributed by atoms with E-state index in [2.05, 4.69) is 10.6 Å². The number of nitrogens with zero attached hydrogens (tertiary/aromatic N) is 1. The molecule has 7 heteroatoms. The van der Waals surface area contributed by atoms with Crippen LogP contribution >= 0.6 is 0 Å². The first-order valence-corrected chi connectivity index (χ1v) is 9.43. The third kappa shape index (κ3) is 4.60. The first-order valence-electron chi connectivity index (χ1n) is 9.43. The van der Waals surface area contributed by atoms with Crippen molar-refractivity contribution in [2.75, 3.05) is 11.9 Å². The van der Waals surface area contributed by atoms with Crippen molar-refractivity contribution in [3.05, 3.63) is 52.8 Å². The van der Waals surface area contributed by atoms with Crippen molar-refractivity contribution in [2.45, 2.75) is 46.2 Å². The molecular formula is C21H25N3O4. The zero-order chi connectivity index (χ0) is 20.3. The van der Waals surface area contributed by atoms with Crippen LogP contribution in [0, 0.1) is 13.8 Å². The molecule has 1 aromatic carbocycles. The Morgan fingerprint density at radius 1 is 1.18 bits per heavy atom. The molecule has 0 saturated heterocycles. The Balaban J connectivity index is 1.67. The topological polar surface area (TPSA) is 89.4 Å². The quantitative estimate of drug-likeness (QED) is 0.720. The molecule has 3 rings (SSSR count). The van der Waals surface area contributed by atoms with Gasteiger partial charge in [-0.15, -0.1) is 0 Å². The number of benzene rings is 1. The van der Waals surface area contributed by atoms with Gasteiger partial charge in [-0.2, -0.15) is 0 Å². The molecule has 0 bridgehead atoms. The molecular weight excluding hydrogens is 358 g/mol. The maximum absolute atomic E-state index is 12.5. The number of rotatable bonds is 7. The van der Waals surface area contributed by atoms with Crippen LogP contribution in [0.25, 0.3) is 0 Å². The molecule has 2 amide bonds. The van der Waals surface area contributed by atoms with E-state index < -0.39 is 5.97 Å². The Morgan fingerprint density at radius 2 is 1.93 bits per heavy atom. The van der Waals surface area contributed by atoms with Crippen molar-refractivity contribution >= 4 is 23.5 Å². The summed E-state index contributed by atoms with van der Waals surface area (Å²) in [4.78, 5) is 36.7. The van der Waals surface area contributed by atoms with Crippen LogP contribution in [0.3, 0.4) is 0 Å². The molecule has 0 aliphatic heterocycles. The number of carbonyl (C=O) groups is 3. The van der Waals surface area contributed by atoms with E-state index in [0.717, 1.165) is 18.5 Å². The van der Waals surface area contributed by atoms with Gasteiger partial charge >= 0.3 is 5.97 Å². The lowest BCUT2D eigenvalue weighted by Crippen LogP contribution is -2.25. The number of hydrogen-bond acceptors (Lipinski definition) is 4. The van der Waals surface area contributed by atoms with Crippen LogP contribution < -0.4 is 10.6 Å². The fraction of sp³-hybridized carbons (Fsp3) is 0.381. The summed E-state index contributed by atoms with van der Waals surface area (Å²) in [6.45, 7) is 5.74. The van der Waals surface area contributed by atoms with Gasteiger partial charge in [-0.05, 0) is 57.9 Å². The van der Waals surface area contributed by atoms with Gasteiger partial charge in [0.2, 0.25) is 5.91 Å². The van der Waals surface area contributed by atoms with E-state index >= 15 is 0 Å². The maximum Gasteiger partial charge on any atom is 0.339 e. The molecule has 148 valence electrons. The number of carbonyl (C=O) groups excluding carboxylic acids is 3. The van der Waals surface area contributed by atoms with Gasteiger partial charge in [-0.3, -0.25) is 9.59 Å². The molecule has 0 spiro atoms. The zero-order valence-electron chi connectivity index (χ0n) is 16.4. The van der Waals surface area contributed by atoms with Crippen molar-refractivity contribution in [1.29, 1.82) is 0 Å². The van der Waals surface area contributed by atoms with E-state index in [9.17, 15) is 14.4 Å².